The van der Waals surface area contributed by atoms with Gasteiger partial charge in [0, 0.05) is 12.1 Å². The predicted octanol–water partition coefficient (Wildman–Crippen LogP) is 0.279. The highest BCUT2D eigenvalue weighted by atomic mass is 32.2. The van der Waals surface area contributed by atoms with Gasteiger partial charge in [0.25, 0.3) is 10.0 Å². The zero-order valence-electron chi connectivity index (χ0n) is 8.71. The summed E-state index contributed by atoms with van der Waals surface area (Å²) in [6.07, 6.45) is 2.13. The van der Waals surface area contributed by atoms with E-state index in [0.29, 0.717) is 5.75 Å². The molecule has 1 heterocycles. The zero-order chi connectivity index (χ0) is 11.8. The van der Waals surface area contributed by atoms with E-state index < -0.39 is 10.0 Å². The molecule has 1 fully saturated rings. The average Bonchev–Trinajstić information content (AvgIpc) is 3.00. The van der Waals surface area contributed by atoms with Crippen LogP contribution in [0.25, 0.3) is 0 Å². The lowest BCUT2D eigenvalue weighted by Gasteiger charge is -2.07. The van der Waals surface area contributed by atoms with E-state index in [1.165, 1.54) is 19.2 Å². The van der Waals surface area contributed by atoms with Gasteiger partial charge in [-0.25, -0.2) is 18.5 Å². The fraction of sp³-hybridized carbons (Fsp3) is 0.444. The minimum atomic E-state index is -3.84. The molecule has 1 aromatic heterocycles. The molecule has 1 aliphatic carbocycles. The van der Waals surface area contributed by atoms with Gasteiger partial charge in [-0.15, -0.1) is 0 Å². The van der Waals surface area contributed by atoms with Crippen LogP contribution in [0.3, 0.4) is 0 Å². The zero-order valence-corrected chi connectivity index (χ0v) is 9.53. The Morgan fingerprint density at radius 2 is 2.12 bits per heavy atom. The third-order valence-electron chi connectivity index (χ3n) is 2.08. The highest BCUT2D eigenvalue weighted by Gasteiger charge is 2.24. The Hall–Kier alpha value is -1.34. The molecule has 88 valence electrons. The predicted molar refractivity (Wildman–Crippen MR) is 55.8 cm³/mol. The van der Waals surface area contributed by atoms with Crippen molar-refractivity contribution in [1.82, 2.24) is 4.98 Å². The standard InChI is InChI=1S/C9H12N2O4S/c1-14-8-4-7(15-6-2-3-6)5-9(11-8)16(10,12)13/h4-6H,2-3H2,1H3,(H2,10,12,13). The third-order valence-corrected chi connectivity index (χ3v) is 2.87. The Morgan fingerprint density at radius 3 is 2.62 bits per heavy atom. The number of methoxy groups -OCH3 is 1. The second-order valence-corrected chi connectivity index (χ2v) is 5.05. The topological polar surface area (TPSA) is 91.5 Å². The maximum Gasteiger partial charge on any atom is 0.255 e. The number of sulfonamides is 1. The van der Waals surface area contributed by atoms with Gasteiger partial charge in [-0.2, -0.15) is 0 Å². The number of aromatic nitrogens is 1. The molecule has 2 N–H and O–H groups in total. The summed E-state index contributed by atoms with van der Waals surface area (Å²) >= 11 is 0. The molecule has 0 atom stereocenters. The minimum Gasteiger partial charge on any atom is -0.490 e. The van der Waals surface area contributed by atoms with Crippen LogP contribution in [0.1, 0.15) is 12.8 Å². The van der Waals surface area contributed by atoms with Crippen LogP contribution in [-0.2, 0) is 10.0 Å². The number of hydrogen-bond acceptors (Lipinski definition) is 5. The fourth-order valence-corrected chi connectivity index (χ4v) is 1.65. The van der Waals surface area contributed by atoms with E-state index >= 15 is 0 Å². The lowest BCUT2D eigenvalue weighted by atomic mass is 10.4. The molecule has 2 rings (SSSR count). The van der Waals surface area contributed by atoms with Crippen LogP contribution in [0, 0.1) is 0 Å². The van der Waals surface area contributed by atoms with Gasteiger partial charge in [-0.1, -0.05) is 0 Å². The third kappa shape index (κ3) is 2.61. The van der Waals surface area contributed by atoms with Gasteiger partial charge < -0.3 is 9.47 Å². The van der Waals surface area contributed by atoms with Crippen molar-refractivity contribution in [2.45, 2.75) is 24.0 Å². The summed E-state index contributed by atoms with van der Waals surface area (Å²) in [6.45, 7) is 0. The number of nitrogens with zero attached hydrogens (tertiary/aromatic N) is 1. The van der Waals surface area contributed by atoms with E-state index in [1.54, 1.807) is 0 Å². The van der Waals surface area contributed by atoms with Crippen LogP contribution in [0.2, 0.25) is 0 Å². The van der Waals surface area contributed by atoms with Crippen LogP contribution in [-0.4, -0.2) is 26.6 Å². The number of rotatable bonds is 4. The highest BCUT2D eigenvalue weighted by molar-refractivity contribution is 7.89. The van der Waals surface area contributed by atoms with E-state index in [9.17, 15) is 8.42 Å². The number of pyridine rings is 1. The number of primary sulfonamides is 1. The highest BCUT2D eigenvalue weighted by Crippen LogP contribution is 2.29. The maximum atomic E-state index is 11.2. The van der Waals surface area contributed by atoms with E-state index in [2.05, 4.69) is 4.98 Å². The largest absolute Gasteiger partial charge is 0.490 e. The molecular formula is C9H12N2O4S. The molecule has 0 saturated heterocycles. The summed E-state index contributed by atoms with van der Waals surface area (Å²) in [5, 5.41) is 4.75. The quantitative estimate of drug-likeness (QED) is 0.821. The first kappa shape index (κ1) is 11.2. The lowest BCUT2D eigenvalue weighted by molar-refractivity contribution is 0.297. The molecule has 1 aliphatic rings. The summed E-state index contributed by atoms with van der Waals surface area (Å²) in [7, 11) is -2.45. The monoisotopic (exact) mass is 244 g/mol. The van der Waals surface area contributed by atoms with Gasteiger partial charge >= 0.3 is 0 Å². The van der Waals surface area contributed by atoms with Gasteiger partial charge in [0.1, 0.15) is 5.75 Å². The molecule has 1 saturated carbocycles. The van der Waals surface area contributed by atoms with E-state index in [-0.39, 0.29) is 17.0 Å². The van der Waals surface area contributed by atoms with E-state index in [1.807, 2.05) is 0 Å². The van der Waals surface area contributed by atoms with Crippen LogP contribution >= 0.6 is 0 Å². The molecule has 0 bridgehead atoms. The first-order valence-electron chi connectivity index (χ1n) is 4.74. The SMILES string of the molecule is COc1cc(OC2CC2)cc(S(N)(=O)=O)n1. The summed E-state index contributed by atoms with van der Waals surface area (Å²) in [6, 6.07) is 2.84. The van der Waals surface area contributed by atoms with Crippen molar-refractivity contribution in [3.8, 4) is 11.6 Å². The maximum absolute atomic E-state index is 11.2. The van der Waals surface area contributed by atoms with Crippen molar-refractivity contribution in [2.75, 3.05) is 7.11 Å². The molecule has 0 unspecified atom stereocenters. The second kappa shape index (κ2) is 3.91. The van der Waals surface area contributed by atoms with Crippen molar-refractivity contribution in [1.29, 1.82) is 0 Å². The Balaban J connectivity index is 2.37. The summed E-state index contributed by atoms with van der Waals surface area (Å²) in [4.78, 5) is 3.74. The van der Waals surface area contributed by atoms with Crippen molar-refractivity contribution in [3.63, 3.8) is 0 Å². The van der Waals surface area contributed by atoms with Crippen molar-refractivity contribution in [3.05, 3.63) is 12.1 Å². The first-order chi connectivity index (χ1) is 7.49. The molecule has 6 nitrogen and oxygen atoms in total. The van der Waals surface area contributed by atoms with E-state index in [0.717, 1.165) is 12.8 Å². The average molecular weight is 244 g/mol. The normalized spacial score (nSPS) is 15.9. The molecular weight excluding hydrogens is 232 g/mol. The van der Waals surface area contributed by atoms with E-state index in [4.69, 9.17) is 14.6 Å². The minimum absolute atomic E-state index is 0.167. The Morgan fingerprint density at radius 1 is 1.44 bits per heavy atom. The first-order valence-corrected chi connectivity index (χ1v) is 6.29. The number of nitrogens with two attached hydrogens (primary N) is 1. The molecule has 0 spiro atoms. The fourth-order valence-electron chi connectivity index (χ4n) is 1.15. The summed E-state index contributed by atoms with van der Waals surface area (Å²) in [5.74, 6) is 0.584. The molecule has 0 amide bonds. The van der Waals surface area contributed by atoms with Crippen molar-refractivity contribution >= 4 is 10.0 Å². The van der Waals surface area contributed by atoms with Gasteiger partial charge in [-0.05, 0) is 12.8 Å². The molecule has 0 aromatic carbocycles. The number of ether oxygens (including phenoxy) is 2. The van der Waals surface area contributed by atoms with Gasteiger partial charge in [0.15, 0.2) is 5.03 Å². The van der Waals surface area contributed by atoms with Crippen LogP contribution in [0.15, 0.2) is 17.2 Å². The second-order valence-electron chi connectivity index (χ2n) is 3.55. The smallest absolute Gasteiger partial charge is 0.255 e. The van der Waals surface area contributed by atoms with Gasteiger partial charge in [-0.3, -0.25) is 0 Å². The molecule has 0 aliphatic heterocycles. The van der Waals surface area contributed by atoms with Crippen molar-refractivity contribution < 1.29 is 17.9 Å². The molecule has 1 aromatic rings. The van der Waals surface area contributed by atoms with Crippen LogP contribution in [0.5, 0.6) is 11.6 Å². The van der Waals surface area contributed by atoms with Crippen molar-refractivity contribution in [2.24, 2.45) is 5.14 Å². The summed E-state index contributed by atoms with van der Waals surface area (Å²) in [5.41, 5.74) is 0. The molecule has 0 radical (unpaired) electrons. The van der Waals surface area contributed by atoms with Crippen LogP contribution < -0.4 is 14.6 Å². The molecule has 7 heteroatoms. The Labute approximate surface area is 93.4 Å². The lowest BCUT2D eigenvalue weighted by Crippen LogP contribution is -2.14. The van der Waals surface area contributed by atoms with Gasteiger partial charge in [0.2, 0.25) is 5.88 Å². The van der Waals surface area contributed by atoms with Crippen LogP contribution in [0.4, 0.5) is 0 Å². The summed E-state index contributed by atoms with van der Waals surface area (Å²) < 4.78 is 32.7. The van der Waals surface area contributed by atoms with Gasteiger partial charge in [0.05, 0.1) is 13.2 Å². The Kier molecular flexibility index (Phi) is 2.73. The number of hydrogen-bond donors (Lipinski definition) is 1. The molecule has 16 heavy (non-hydrogen) atoms. The Bertz CT molecular complexity index is 496.